The van der Waals surface area contributed by atoms with E-state index in [-0.39, 0.29) is 0 Å². The fraction of sp³-hybridized carbons (Fsp3) is 0.588. The van der Waals surface area contributed by atoms with E-state index in [9.17, 15) is 5.26 Å². The van der Waals surface area contributed by atoms with Gasteiger partial charge in [0.1, 0.15) is 6.07 Å². The zero-order chi connectivity index (χ0) is 14.8. The van der Waals surface area contributed by atoms with Crippen LogP contribution >= 0.6 is 15.9 Å². The zero-order valence-corrected chi connectivity index (χ0v) is 14.2. The summed E-state index contributed by atoms with van der Waals surface area (Å²) >= 11 is 3.45. The molecule has 20 heavy (non-hydrogen) atoms. The lowest BCUT2D eigenvalue weighted by Crippen LogP contribution is -2.37. The van der Waals surface area contributed by atoms with Gasteiger partial charge in [-0.2, -0.15) is 5.26 Å². The summed E-state index contributed by atoms with van der Waals surface area (Å²) in [6, 6.07) is 9.10. The normalized spacial score (nSPS) is 18.6. The second-order valence-electron chi connectivity index (χ2n) is 6.60. The Labute approximate surface area is 130 Å². The van der Waals surface area contributed by atoms with Crippen LogP contribution in [0.3, 0.4) is 0 Å². The minimum atomic E-state index is 0.481. The van der Waals surface area contributed by atoms with Crippen LogP contribution in [0, 0.1) is 16.7 Å². The van der Waals surface area contributed by atoms with Crippen molar-refractivity contribution in [2.24, 2.45) is 5.41 Å². The van der Waals surface area contributed by atoms with E-state index >= 15 is 0 Å². The largest absolute Gasteiger partial charge is 0.371 e. The molecule has 0 radical (unpaired) electrons. The van der Waals surface area contributed by atoms with Crippen molar-refractivity contribution in [1.29, 1.82) is 5.26 Å². The maximum atomic E-state index is 9.38. The van der Waals surface area contributed by atoms with Crippen LogP contribution in [0.25, 0.3) is 0 Å². The van der Waals surface area contributed by atoms with Gasteiger partial charge < -0.3 is 4.90 Å². The van der Waals surface area contributed by atoms with Crippen LogP contribution in [0.15, 0.2) is 18.2 Å². The lowest BCUT2D eigenvalue weighted by molar-refractivity contribution is 0.222. The average Bonchev–Trinajstić information content (AvgIpc) is 2.45. The molecular formula is C17H23BrN2. The first kappa shape index (κ1) is 15.4. The second kappa shape index (κ2) is 6.18. The summed E-state index contributed by atoms with van der Waals surface area (Å²) in [5.41, 5.74) is 3.49. The fourth-order valence-electron chi connectivity index (χ4n) is 3.03. The number of nitrogens with zero attached hydrogens (tertiary/aromatic N) is 2. The van der Waals surface area contributed by atoms with Crippen LogP contribution in [0.4, 0.5) is 5.69 Å². The van der Waals surface area contributed by atoms with Crippen molar-refractivity contribution in [3.63, 3.8) is 0 Å². The molecule has 0 aromatic heterocycles. The molecule has 0 N–H and O–H groups in total. The molecule has 3 heteroatoms. The van der Waals surface area contributed by atoms with Crippen molar-refractivity contribution >= 4 is 21.6 Å². The summed E-state index contributed by atoms with van der Waals surface area (Å²) in [6.45, 7) is 4.71. The van der Waals surface area contributed by atoms with Gasteiger partial charge in [0.25, 0.3) is 0 Å². The van der Waals surface area contributed by atoms with E-state index in [0.717, 1.165) is 22.1 Å². The van der Waals surface area contributed by atoms with Gasteiger partial charge in [-0.1, -0.05) is 35.8 Å². The SMILES string of the molecule is CN(c1ccc(CBr)cc1C#N)C1CCC(C)(C)CC1. The first-order valence-electron chi connectivity index (χ1n) is 7.29. The molecule has 2 rings (SSSR count). The van der Waals surface area contributed by atoms with E-state index in [1.54, 1.807) is 0 Å². The average molecular weight is 335 g/mol. The molecule has 1 aromatic rings. The molecule has 0 atom stereocenters. The Morgan fingerprint density at radius 3 is 2.55 bits per heavy atom. The second-order valence-corrected chi connectivity index (χ2v) is 7.16. The third kappa shape index (κ3) is 3.35. The minimum absolute atomic E-state index is 0.481. The van der Waals surface area contributed by atoms with Crippen molar-refractivity contribution in [3.8, 4) is 6.07 Å². The summed E-state index contributed by atoms with van der Waals surface area (Å²) in [6.07, 6.45) is 4.97. The lowest BCUT2D eigenvalue weighted by atomic mass is 9.75. The summed E-state index contributed by atoms with van der Waals surface area (Å²) < 4.78 is 0. The molecule has 2 nitrogen and oxygen atoms in total. The number of nitriles is 1. The maximum Gasteiger partial charge on any atom is 0.101 e. The highest BCUT2D eigenvalue weighted by Gasteiger charge is 2.29. The number of hydrogen-bond acceptors (Lipinski definition) is 2. The van der Waals surface area contributed by atoms with Gasteiger partial charge in [-0.25, -0.2) is 0 Å². The Morgan fingerprint density at radius 2 is 2.00 bits per heavy atom. The highest BCUT2D eigenvalue weighted by molar-refractivity contribution is 9.08. The van der Waals surface area contributed by atoms with Gasteiger partial charge >= 0.3 is 0 Å². The van der Waals surface area contributed by atoms with E-state index in [0.29, 0.717) is 11.5 Å². The first-order valence-corrected chi connectivity index (χ1v) is 8.41. The Bertz CT molecular complexity index is 506. The van der Waals surface area contributed by atoms with Crippen molar-refractivity contribution < 1.29 is 0 Å². The maximum absolute atomic E-state index is 9.38. The number of anilines is 1. The van der Waals surface area contributed by atoms with Crippen molar-refractivity contribution in [1.82, 2.24) is 0 Å². The Hall–Kier alpha value is -1.01. The van der Waals surface area contributed by atoms with Crippen LogP contribution in [0.5, 0.6) is 0 Å². The quantitative estimate of drug-likeness (QED) is 0.738. The summed E-state index contributed by atoms with van der Waals surface area (Å²) in [5, 5.41) is 10.2. The van der Waals surface area contributed by atoms with E-state index in [2.05, 4.69) is 59.9 Å². The summed E-state index contributed by atoms with van der Waals surface area (Å²) in [5.74, 6) is 0. The molecular weight excluding hydrogens is 312 g/mol. The Morgan fingerprint density at radius 1 is 1.35 bits per heavy atom. The van der Waals surface area contributed by atoms with Crippen molar-refractivity contribution in [3.05, 3.63) is 29.3 Å². The third-order valence-corrected chi connectivity index (χ3v) is 5.22. The molecule has 1 aliphatic carbocycles. The molecule has 108 valence electrons. The van der Waals surface area contributed by atoms with Gasteiger partial charge in [0, 0.05) is 18.4 Å². The highest BCUT2D eigenvalue weighted by Crippen LogP contribution is 2.38. The van der Waals surface area contributed by atoms with Gasteiger partial charge in [0.15, 0.2) is 0 Å². The van der Waals surface area contributed by atoms with Gasteiger partial charge in [-0.05, 0) is 48.8 Å². The number of rotatable bonds is 3. The molecule has 0 bridgehead atoms. The van der Waals surface area contributed by atoms with Gasteiger partial charge in [0.05, 0.1) is 11.3 Å². The van der Waals surface area contributed by atoms with Crippen LogP contribution in [-0.2, 0) is 5.33 Å². The molecule has 1 aromatic carbocycles. The molecule has 0 saturated heterocycles. The molecule has 1 saturated carbocycles. The van der Waals surface area contributed by atoms with Crippen molar-refractivity contribution in [2.45, 2.75) is 50.9 Å². The summed E-state index contributed by atoms with van der Waals surface area (Å²) in [7, 11) is 2.13. The third-order valence-electron chi connectivity index (χ3n) is 4.57. The molecule has 0 amide bonds. The van der Waals surface area contributed by atoms with E-state index in [4.69, 9.17) is 0 Å². The standard InChI is InChI=1S/C17H23BrN2/c1-17(2)8-6-15(7-9-17)20(3)16-5-4-13(11-18)10-14(16)12-19/h4-5,10,15H,6-9,11H2,1-3H3. The molecule has 1 fully saturated rings. The predicted octanol–water partition coefficient (Wildman–Crippen LogP) is 4.86. The minimum Gasteiger partial charge on any atom is -0.371 e. The molecule has 0 unspecified atom stereocenters. The zero-order valence-electron chi connectivity index (χ0n) is 12.6. The number of halogens is 1. The van der Waals surface area contributed by atoms with Gasteiger partial charge in [-0.15, -0.1) is 0 Å². The number of benzene rings is 1. The van der Waals surface area contributed by atoms with Crippen LogP contribution in [0.2, 0.25) is 0 Å². The predicted molar refractivity (Wildman–Crippen MR) is 88.2 cm³/mol. The van der Waals surface area contributed by atoms with Crippen LogP contribution in [-0.4, -0.2) is 13.1 Å². The summed E-state index contributed by atoms with van der Waals surface area (Å²) in [4.78, 5) is 2.31. The van der Waals surface area contributed by atoms with E-state index in [1.807, 2.05) is 6.07 Å². The molecule has 0 aliphatic heterocycles. The monoisotopic (exact) mass is 334 g/mol. The Kier molecular flexibility index (Phi) is 4.75. The lowest BCUT2D eigenvalue weighted by Gasteiger charge is -2.39. The van der Waals surface area contributed by atoms with Gasteiger partial charge in [0.2, 0.25) is 0 Å². The van der Waals surface area contributed by atoms with Crippen LogP contribution in [0.1, 0.15) is 50.7 Å². The number of alkyl halides is 1. The molecule has 1 aliphatic rings. The smallest absolute Gasteiger partial charge is 0.101 e. The van der Waals surface area contributed by atoms with Crippen molar-refractivity contribution in [2.75, 3.05) is 11.9 Å². The number of hydrogen-bond donors (Lipinski definition) is 0. The van der Waals surface area contributed by atoms with E-state index < -0.39 is 0 Å². The Balaban J connectivity index is 2.17. The highest BCUT2D eigenvalue weighted by atomic mass is 79.9. The fourth-order valence-corrected chi connectivity index (χ4v) is 3.38. The molecule has 0 spiro atoms. The van der Waals surface area contributed by atoms with Gasteiger partial charge in [-0.3, -0.25) is 0 Å². The van der Waals surface area contributed by atoms with E-state index in [1.165, 1.54) is 25.7 Å². The molecule has 0 heterocycles. The first-order chi connectivity index (χ1) is 9.46. The topological polar surface area (TPSA) is 27.0 Å². The van der Waals surface area contributed by atoms with Crippen LogP contribution < -0.4 is 4.90 Å².